The van der Waals surface area contributed by atoms with Crippen LogP contribution >= 0.6 is 22.9 Å². The van der Waals surface area contributed by atoms with Crippen molar-refractivity contribution in [1.29, 1.82) is 0 Å². The van der Waals surface area contributed by atoms with Crippen LogP contribution in [0.15, 0.2) is 42.5 Å². The summed E-state index contributed by atoms with van der Waals surface area (Å²) in [7, 11) is -0.836. The minimum Gasteiger partial charge on any atom is -0.497 e. The van der Waals surface area contributed by atoms with Gasteiger partial charge >= 0.3 is 0 Å². The number of hydrogen-bond acceptors (Lipinski definition) is 8. The first-order valence-corrected chi connectivity index (χ1v) is 11.8. The van der Waals surface area contributed by atoms with Crippen molar-refractivity contribution in [2.45, 2.75) is 0 Å². The van der Waals surface area contributed by atoms with E-state index in [9.17, 15) is 13.2 Å². The van der Waals surface area contributed by atoms with Crippen molar-refractivity contribution in [3.8, 4) is 22.1 Å². The first kappa shape index (κ1) is 22.8. The lowest BCUT2D eigenvalue weighted by Crippen LogP contribution is -2.37. The molecule has 0 spiro atoms. The maximum atomic E-state index is 12.6. The molecule has 1 aromatic heterocycles. The van der Waals surface area contributed by atoms with Crippen molar-refractivity contribution in [2.24, 2.45) is 0 Å². The van der Waals surface area contributed by atoms with E-state index in [2.05, 4.69) is 15.5 Å². The number of sulfonamides is 1. The van der Waals surface area contributed by atoms with Crippen LogP contribution in [-0.2, 0) is 14.8 Å². The lowest BCUT2D eigenvalue weighted by Gasteiger charge is -2.23. The van der Waals surface area contributed by atoms with Gasteiger partial charge in [0.15, 0.2) is 0 Å². The highest BCUT2D eigenvalue weighted by molar-refractivity contribution is 7.92. The number of halogens is 1. The zero-order chi connectivity index (χ0) is 22.6. The summed E-state index contributed by atoms with van der Waals surface area (Å²) >= 11 is 7.17. The summed E-state index contributed by atoms with van der Waals surface area (Å²) in [6, 6.07) is 11.7. The summed E-state index contributed by atoms with van der Waals surface area (Å²) in [5.41, 5.74) is 0.962. The summed E-state index contributed by atoms with van der Waals surface area (Å²) in [4.78, 5) is 12.6. The van der Waals surface area contributed by atoms with Gasteiger partial charge in [0, 0.05) is 10.6 Å². The van der Waals surface area contributed by atoms with Gasteiger partial charge in [-0.2, -0.15) is 0 Å². The Kier molecular flexibility index (Phi) is 6.98. The molecule has 164 valence electrons. The predicted molar refractivity (Wildman–Crippen MR) is 121 cm³/mol. The van der Waals surface area contributed by atoms with Crippen LogP contribution in [0, 0.1) is 0 Å². The van der Waals surface area contributed by atoms with E-state index < -0.39 is 22.5 Å². The number of carbonyl (C=O) groups excluding carboxylic acids is 1. The predicted octanol–water partition coefficient (Wildman–Crippen LogP) is 3.28. The van der Waals surface area contributed by atoms with Crippen molar-refractivity contribution in [3.05, 3.63) is 47.5 Å². The van der Waals surface area contributed by atoms with Crippen LogP contribution in [0.1, 0.15) is 0 Å². The zero-order valence-electron chi connectivity index (χ0n) is 16.8. The van der Waals surface area contributed by atoms with E-state index in [0.717, 1.165) is 27.5 Å². The number of anilines is 2. The number of aromatic nitrogens is 2. The molecule has 0 atom stereocenters. The number of hydrogen-bond donors (Lipinski definition) is 1. The standard InChI is InChI=1S/C19H19ClN4O5S2/c1-28-14-7-4-12(5-8-14)18-22-23-19(30-18)21-17(25)11-24(31(3,26)27)15-10-13(20)6-9-16(15)29-2/h4-10H,11H2,1-3H3,(H,21,23,25). The normalized spacial score (nSPS) is 11.1. The van der Waals surface area contributed by atoms with E-state index in [1.54, 1.807) is 25.3 Å². The van der Waals surface area contributed by atoms with E-state index in [0.29, 0.717) is 15.8 Å². The monoisotopic (exact) mass is 482 g/mol. The topological polar surface area (TPSA) is 111 Å². The molecule has 3 aromatic rings. The Labute approximate surface area is 188 Å². The molecule has 0 radical (unpaired) electrons. The first-order chi connectivity index (χ1) is 14.7. The third-order valence-corrected chi connectivity index (χ3v) is 6.35. The number of nitrogens with one attached hydrogen (secondary N) is 1. The maximum absolute atomic E-state index is 12.6. The van der Waals surface area contributed by atoms with E-state index in [1.807, 2.05) is 12.1 Å². The second kappa shape index (κ2) is 9.50. The minimum absolute atomic E-state index is 0.156. The minimum atomic E-state index is -3.81. The fraction of sp³-hybridized carbons (Fsp3) is 0.211. The molecule has 0 aliphatic rings. The van der Waals surface area contributed by atoms with Crippen molar-refractivity contribution < 1.29 is 22.7 Å². The molecule has 1 amide bonds. The molecule has 2 aromatic carbocycles. The molecule has 0 bridgehead atoms. The third-order valence-electron chi connectivity index (χ3n) is 4.11. The molecule has 0 saturated carbocycles. The summed E-state index contributed by atoms with van der Waals surface area (Å²) in [5, 5.41) is 11.7. The number of benzene rings is 2. The van der Waals surface area contributed by atoms with Gasteiger partial charge < -0.3 is 9.47 Å². The van der Waals surface area contributed by atoms with Gasteiger partial charge in [-0.15, -0.1) is 10.2 Å². The van der Waals surface area contributed by atoms with E-state index in [1.165, 1.54) is 19.2 Å². The van der Waals surface area contributed by atoms with Gasteiger partial charge in [0.1, 0.15) is 23.1 Å². The van der Waals surface area contributed by atoms with Gasteiger partial charge in [-0.3, -0.25) is 14.4 Å². The molecular formula is C19H19ClN4O5S2. The maximum Gasteiger partial charge on any atom is 0.246 e. The van der Waals surface area contributed by atoms with Crippen LogP contribution in [0.25, 0.3) is 10.6 Å². The Bertz CT molecular complexity index is 1180. The number of methoxy groups -OCH3 is 2. The van der Waals surface area contributed by atoms with Crippen LogP contribution in [0.4, 0.5) is 10.8 Å². The van der Waals surface area contributed by atoms with Crippen LogP contribution in [0.3, 0.4) is 0 Å². The average molecular weight is 483 g/mol. The quantitative estimate of drug-likeness (QED) is 0.524. The number of rotatable bonds is 8. The van der Waals surface area contributed by atoms with Gasteiger partial charge in [0.2, 0.25) is 21.1 Å². The van der Waals surface area contributed by atoms with Crippen LogP contribution in [-0.4, -0.2) is 51.5 Å². The van der Waals surface area contributed by atoms with Gasteiger partial charge in [-0.1, -0.05) is 22.9 Å². The SMILES string of the molecule is COc1ccc(-c2nnc(NC(=O)CN(c3cc(Cl)ccc3OC)S(C)(=O)=O)s2)cc1. The largest absolute Gasteiger partial charge is 0.497 e. The van der Waals surface area contributed by atoms with Crippen LogP contribution in [0.5, 0.6) is 11.5 Å². The number of amides is 1. The lowest BCUT2D eigenvalue weighted by molar-refractivity contribution is -0.114. The highest BCUT2D eigenvalue weighted by atomic mass is 35.5. The Balaban J connectivity index is 1.78. The molecule has 31 heavy (non-hydrogen) atoms. The van der Waals surface area contributed by atoms with Crippen molar-refractivity contribution in [2.75, 3.05) is 36.6 Å². The second-order valence-corrected chi connectivity index (χ2v) is 9.60. The Morgan fingerprint density at radius 2 is 1.84 bits per heavy atom. The molecule has 9 nitrogen and oxygen atoms in total. The smallest absolute Gasteiger partial charge is 0.246 e. The summed E-state index contributed by atoms with van der Waals surface area (Å²) in [5.74, 6) is 0.379. The van der Waals surface area contributed by atoms with Crippen molar-refractivity contribution in [1.82, 2.24) is 10.2 Å². The Morgan fingerprint density at radius 3 is 2.45 bits per heavy atom. The molecule has 1 heterocycles. The Morgan fingerprint density at radius 1 is 1.13 bits per heavy atom. The Hall–Kier alpha value is -2.89. The second-order valence-electron chi connectivity index (χ2n) is 6.27. The van der Waals surface area contributed by atoms with Gasteiger partial charge in [0.25, 0.3) is 0 Å². The lowest BCUT2D eigenvalue weighted by atomic mass is 10.2. The molecule has 0 aliphatic carbocycles. The molecule has 0 fully saturated rings. The molecule has 0 saturated heterocycles. The van der Waals surface area contributed by atoms with Crippen LogP contribution < -0.4 is 19.1 Å². The van der Waals surface area contributed by atoms with E-state index >= 15 is 0 Å². The molecule has 3 rings (SSSR count). The fourth-order valence-electron chi connectivity index (χ4n) is 2.65. The van der Waals surface area contributed by atoms with E-state index in [-0.39, 0.29) is 16.6 Å². The molecule has 1 N–H and O–H groups in total. The molecule has 0 aliphatic heterocycles. The first-order valence-electron chi connectivity index (χ1n) is 8.80. The van der Waals surface area contributed by atoms with Gasteiger partial charge in [0.05, 0.1) is 26.2 Å². The number of ether oxygens (including phenoxy) is 2. The molecule has 12 heteroatoms. The average Bonchev–Trinajstić information content (AvgIpc) is 3.19. The summed E-state index contributed by atoms with van der Waals surface area (Å²) < 4.78 is 36.0. The van der Waals surface area contributed by atoms with Crippen molar-refractivity contribution >= 4 is 49.7 Å². The third kappa shape index (κ3) is 5.63. The fourth-order valence-corrected chi connectivity index (χ4v) is 4.44. The molecular weight excluding hydrogens is 464 g/mol. The number of nitrogens with zero attached hydrogens (tertiary/aromatic N) is 3. The number of carbonyl (C=O) groups is 1. The zero-order valence-corrected chi connectivity index (χ0v) is 19.2. The summed E-state index contributed by atoms with van der Waals surface area (Å²) in [6.07, 6.45) is 0.993. The van der Waals surface area contributed by atoms with Gasteiger partial charge in [-0.05, 0) is 42.5 Å². The van der Waals surface area contributed by atoms with E-state index in [4.69, 9.17) is 21.1 Å². The van der Waals surface area contributed by atoms with Crippen LogP contribution in [0.2, 0.25) is 5.02 Å². The highest BCUT2D eigenvalue weighted by Gasteiger charge is 2.25. The van der Waals surface area contributed by atoms with Gasteiger partial charge in [-0.25, -0.2) is 8.42 Å². The highest BCUT2D eigenvalue weighted by Crippen LogP contribution is 2.33. The summed E-state index contributed by atoms with van der Waals surface area (Å²) in [6.45, 7) is -0.493. The molecule has 0 unspecified atom stereocenters. The van der Waals surface area contributed by atoms with Crippen molar-refractivity contribution in [3.63, 3.8) is 0 Å².